The van der Waals surface area contributed by atoms with Gasteiger partial charge in [-0.15, -0.1) is 0 Å². The number of ether oxygens (including phenoxy) is 2. The molecular formula is C11H17FN2O2. The molecule has 1 aromatic rings. The normalized spacial score (nSPS) is 12.5. The number of halogens is 1. The Morgan fingerprint density at radius 2 is 2.12 bits per heavy atom. The van der Waals surface area contributed by atoms with E-state index in [1.54, 1.807) is 0 Å². The lowest BCUT2D eigenvalue weighted by Crippen LogP contribution is -2.21. The molecule has 0 aliphatic rings. The summed E-state index contributed by atoms with van der Waals surface area (Å²) in [5.74, 6) is -0.0656. The van der Waals surface area contributed by atoms with E-state index in [2.05, 4.69) is 0 Å². The molecule has 4 nitrogen and oxygen atoms in total. The van der Waals surface area contributed by atoms with Gasteiger partial charge in [-0.2, -0.15) is 0 Å². The number of hydrogen-bond acceptors (Lipinski definition) is 4. The first-order chi connectivity index (χ1) is 7.54. The van der Waals surface area contributed by atoms with Crippen LogP contribution in [0.25, 0.3) is 0 Å². The largest absolute Gasteiger partial charge is 0.494 e. The molecule has 1 aromatic carbocycles. The minimum Gasteiger partial charge on any atom is -0.494 e. The molecule has 0 aliphatic carbocycles. The maximum Gasteiger partial charge on any atom is 0.144 e. The van der Waals surface area contributed by atoms with Crippen LogP contribution >= 0.6 is 0 Å². The first kappa shape index (κ1) is 12.7. The molecule has 5 heteroatoms. The second-order valence-electron chi connectivity index (χ2n) is 3.68. The Morgan fingerprint density at radius 3 is 2.69 bits per heavy atom. The second kappa shape index (κ2) is 5.67. The lowest BCUT2D eigenvalue weighted by molar-refractivity contribution is 0.109. The molecule has 0 aliphatic heterocycles. The number of methoxy groups -OCH3 is 1. The predicted octanol–water partition coefficient (Wildman–Crippen LogP) is 1.28. The predicted molar refractivity (Wildman–Crippen MR) is 60.7 cm³/mol. The average molecular weight is 228 g/mol. The van der Waals surface area contributed by atoms with Crippen molar-refractivity contribution in [2.75, 3.05) is 19.5 Å². The molecule has 0 bridgehead atoms. The maximum absolute atomic E-state index is 13.5. The Morgan fingerprint density at radius 1 is 1.44 bits per heavy atom. The molecule has 0 saturated heterocycles. The van der Waals surface area contributed by atoms with Gasteiger partial charge in [0.15, 0.2) is 0 Å². The van der Waals surface area contributed by atoms with E-state index in [1.807, 2.05) is 6.92 Å². The molecular weight excluding hydrogens is 211 g/mol. The monoisotopic (exact) mass is 228 g/mol. The van der Waals surface area contributed by atoms with Gasteiger partial charge in [0.25, 0.3) is 0 Å². The zero-order valence-electron chi connectivity index (χ0n) is 9.50. The summed E-state index contributed by atoms with van der Waals surface area (Å²) in [7, 11) is 1.44. The molecule has 1 unspecified atom stereocenters. The summed E-state index contributed by atoms with van der Waals surface area (Å²) in [6, 6.07) is 2.69. The molecule has 0 heterocycles. The highest BCUT2D eigenvalue weighted by Crippen LogP contribution is 2.25. The highest BCUT2D eigenvalue weighted by atomic mass is 19.1. The van der Waals surface area contributed by atoms with Gasteiger partial charge in [0.1, 0.15) is 11.6 Å². The fourth-order valence-corrected chi connectivity index (χ4v) is 1.26. The van der Waals surface area contributed by atoms with Crippen molar-refractivity contribution in [1.82, 2.24) is 0 Å². The summed E-state index contributed by atoms with van der Waals surface area (Å²) in [6.07, 6.45) is 0. The first-order valence-electron chi connectivity index (χ1n) is 4.99. The number of hydrogen-bond donors (Lipinski definition) is 2. The summed E-state index contributed by atoms with van der Waals surface area (Å²) < 4.78 is 23.6. The number of nitrogen functional groups attached to an aromatic ring is 1. The van der Waals surface area contributed by atoms with Crippen molar-refractivity contribution in [2.24, 2.45) is 5.73 Å². The molecule has 0 saturated carbocycles. The van der Waals surface area contributed by atoms with Crippen LogP contribution in [-0.2, 0) is 11.3 Å². The highest BCUT2D eigenvalue weighted by molar-refractivity contribution is 5.54. The van der Waals surface area contributed by atoms with Crippen LogP contribution in [-0.4, -0.2) is 19.8 Å². The van der Waals surface area contributed by atoms with Gasteiger partial charge in [0.2, 0.25) is 0 Å². The summed E-state index contributed by atoms with van der Waals surface area (Å²) >= 11 is 0. The van der Waals surface area contributed by atoms with E-state index in [4.69, 9.17) is 20.9 Å². The van der Waals surface area contributed by atoms with Crippen molar-refractivity contribution < 1.29 is 13.9 Å². The fourth-order valence-electron chi connectivity index (χ4n) is 1.26. The first-order valence-corrected chi connectivity index (χ1v) is 4.99. The Labute approximate surface area is 94.3 Å². The zero-order valence-corrected chi connectivity index (χ0v) is 9.50. The van der Waals surface area contributed by atoms with Gasteiger partial charge < -0.3 is 20.9 Å². The Balaban J connectivity index is 2.70. The van der Waals surface area contributed by atoms with Gasteiger partial charge in [0, 0.05) is 17.7 Å². The van der Waals surface area contributed by atoms with E-state index in [-0.39, 0.29) is 12.6 Å². The van der Waals surface area contributed by atoms with E-state index >= 15 is 0 Å². The molecule has 0 aromatic heterocycles. The van der Waals surface area contributed by atoms with Crippen LogP contribution in [0.2, 0.25) is 0 Å². The molecule has 0 fully saturated rings. The van der Waals surface area contributed by atoms with E-state index in [0.717, 1.165) is 0 Å². The van der Waals surface area contributed by atoms with E-state index in [1.165, 1.54) is 19.2 Å². The maximum atomic E-state index is 13.5. The van der Waals surface area contributed by atoms with Gasteiger partial charge in [-0.3, -0.25) is 0 Å². The third kappa shape index (κ3) is 3.36. The Hall–Kier alpha value is -1.33. The zero-order chi connectivity index (χ0) is 12.1. The van der Waals surface area contributed by atoms with Crippen LogP contribution in [0.4, 0.5) is 10.1 Å². The van der Waals surface area contributed by atoms with Crippen LogP contribution in [0.5, 0.6) is 5.75 Å². The standard InChI is InChI=1S/C11H17FN2O2/c1-7(13)5-16-6-8-3-10(14)11(15-2)4-9(8)12/h3-4,7H,5-6,13-14H2,1-2H3. The molecule has 90 valence electrons. The highest BCUT2D eigenvalue weighted by Gasteiger charge is 2.08. The van der Waals surface area contributed by atoms with Crippen LogP contribution in [0.15, 0.2) is 12.1 Å². The van der Waals surface area contributed by atoms with Gasteiger partial charge >= 0.3 is 0 Å². The van der Waals surface area contributed by atoms with E-state index in [9.17, 15) is 4.39 Å². The number of benzene rings is 1. The van der Waals surface area contributed by atoms with Crippen molar-refractivity contribution >= 4 is 5.69 Å². The average Bonchev–Trinajstić information content (AvgIpc) is 2.22. The Kier molecular flexibility index (Phi) is 4.52. The molecule has 4 N–H and O–H groups in total. The molecule has 16 heavy (non-hydrogen) atoms. The van der Waals surface area contributed by atoms with Gasteiger partial charge in [0.05, 0.1) is 26.0 Å². The van der Waals surface area contributed by atoms with Crippen molar-refractivity contribution in [3.05, 3.63) is 23.5 Å². The van der Waals surface area contributed by atoms with Crippen molar-refractivity contribution in [3.63, 3.8) is 0 Å². The molecule has 1 atom stereocenters. The third-order valence-corrected chi connectivity index (χ3v) is 2.04. The van der Waals surface area contributed by atoms with Crippen LogP contribution < -0.4 is 16.2 Å². The van der Waals surface area contributed by atoms with E-state index < -0.39 is 5.82 Å². The smallest absolute Gasteiger partial charge is 0.144 e. The summed E-state index contributed by atoms with van der Waals surface area (Å²) in [5.41, 5.74) is 12.0. The number of anilines is 1. The molecule has 1 rings (SSSR count). The van der Waals surface area contributed by atoms with Crippen molar-refractivity contribution in [3.8, 4) is 5.75 Å². The Bertz CT molecular complexity index is 356. The number of nitrogens with two attached hydrogens (primary N) is 2. The van der Waals surface area contributed by atoms with Gasteiger partial charge in [-0.25, -0.2) is 4.39 Å². The SMILES string of the molecule is COc1cc(F)c(COCC(C)N)cc1N. The summed E-state index contributed by atoms with van der Waals surface area (Å²) in [5, 5.41) is 0. The lowest BCUT2D eigenvalue weighted by atomic mass is 10.2. The van der Waals surface area contributed by atoms with Crippen LogP contribution in [0.3, 0.4) is 0 Å². The molecule has 0 radical (unpaired) electrons. The molecule has 0 spiro atoms. The fraction of sp³-hybridized carbons (Fsp3) is 0.455. The van der Waals surface area contributed by atoms with Gasteiger partial charge in [-0.05, 0) is 13.0 Å². The quantitative estimate of drug-likeness (QED) is 0.745. The molecule has 0 amide bonds. The minimum atomic E-state index is -0.393. The summed E-state index contributed by atoms with van der Waals surface area (Å²) in [6.45, 7) is 2.35. The van der Waals surface area contributed by atoms with Crippen molar-refractivity contribution in [1.29, 1.82) is 0 Å². The van der Waals surface area contributed by atoms with Crippen molar-refractivity contribution in [2.45, 2.75) is 19.6 Å². The number of rotatable bonds is 5. The third-order valence-electron chi connectivity index (χ3n) is 2.04. The van der Waals surface area contributed by atoms with Crippen LogP contribution in [0.1, 0.15) is 12.5 Å². The van der Waals surface area contributed by atoms with Gasteiger partial charge in [-0.1, -0.05) is 0 Å². The van der Waals surface area contributed by atoms with E-state index in [0.29, 0.717) is 23.6 Å². The second-order valence-corrected chi connectivity index (χ2v) is 3.68. The lowest BCUT2D eigenvalue weighted by Gasteiger charge is -2.10. The van der Waals surface area contributed by atoms with Crippen LogP contribution in [0, 0.1) is 5.82 Å². The minimum absolute atomic E-state index is 0.0707. The topological polar surface area (TPSA) is 70.5 Å². The summed E-state index contributed by atoms with van der Waals surface area (Å²) in [4.78, 5) is 0.